The van der Waals surface area contributed by atoms with Crippen molar-refractivity contribution in [3.05, 3.63) is 59.4 Å². The Labute approximate surface area is 155 Å². The van der Waals surface area contributed by atoms with Gasteiger partial charge in [0, 0.05) is 6.54 Å². The molecule has 1 N–H and O–H groups in total. The first kappa shape index (κ1) is 18.5. The molecule has 0 fully saturated rings. The van der Waals surface area contributed by atoms with Crippen LogP contribution in [0.1, 0.15) is 49.2 Å². The predicted octanol–water partition coefficient (Wildman–Crippen LogP) is 4.96. The van der Waals surface area contributed by atoms with E-state index in [2.05, 4.69) is 48.5 Å². The van der Waals surface area contributed by atoms with Crippen molar-refractivity contribution in [1.29, 1.82) is 0 Å². The van der Waals surface area contributed by atoms with Crippen LogP contribution in [0.25, 0.3) is 11.0 Å². The number of aromatic nitrogens is 2. The molecule has 1 heterocycles. The van der Waals surface area contributed by atoms with E-state index in [0.29, 0.717) is 6.61 Å². The van der Waals surface area contributed by atoms with Crippen molar-refractivity contribution in [3.63, 3.8) is 0 Å². The smallest absolute Gasteiger partial charge is 0.138 e. The highest BCUT2D eigenvalue weighted by Crippen LogP contribution is 2.24. The molecule has 2 aromatic carbocycles. The first-order chi connectivity index (χ1) is 12.6. The Morgan fingerprint density at radius 3 is 2.73 bits per heavy atom. The predicted molar refractivity (Wildman–Crippen MR) is 106 cm³/mol. The number of imidazole rings is 1. The van der Waals surface area contributed by atoms with Crippen molar-refractivity contribution in [1.82, 2.24) is 9.55 Å². The van der Waals surface area contributed by atoms with E-state index < -0.39 is 6.10 Å². The average molecular weight is 352 g/mol. The number of ether oxygens (including phenoxy) is 1. The van der Waals surface area contributed by atoms with Crippen molar-refractivity contribution >= 4 is 11.0 Å². The Hall–Kier alpha value is -2.33. The van der Waals surface area contributed by atoms with Crippen molar-refractivity contribution in [2.45, 2.75) is 52.7 Å². The molecule has 4 heteroatoms. The minimum atomic E-state index is -0.521. The Balaban J connectivity index is 1.70. The molecule has 0 aliphatic rings. The average Bonchev–Trinajstić information content (AvgIpc) is 2.99. The molecule has 0 spiro atoms. The van der Waals surface area contributed by atoms with Gasteiger partial charge in [-0.3, -0.25) is 0 Å². The summed E-state index contributed by atoms with van der Waals surface area (Å²) >= 11 is 0. The first-order valence-corrected chi connectivity index (χ1v) is 9.43. The molecule has 1 atom stereocenters. The molecule has 0 unspecified atom stereocenters. The molecule has 0 radical (unpaired) electrons. The summed E-state index contributed by atoms with van der Waals surface area (Å²) in [7, 11) is 0. The summed E-state index contributed by atoms with van der Waals surface area (Å²) in [6, 6.07) is 14.3. The summed E-state index contributed by atoms with van der Waals surface area (Å²) in [5, 5.41) is 10.5. The standard InChI is InChI=1S/C22H28N2O2/c1-4-8-20(25)22-23-18-9-5-6-10-19(18)24(22)13-7-14-26-21-12-11-16(2)15-17(21)3/h5-6,9-12,15,20,25H,4,7-8,13-14H2,1-3H3/t20-/m0/s1. The number of nitrogens with zero attached hydrogens (tertiary/aromatic N) is 2. The van der Waals surface area contributed by atoms with Crippen molar-refractivity contribution in [3.8, 4) is 5.75 Å². The first-order valence-electron chi connectivity index (χ1n) is 9.43. The minimum Gasteiger partial charge on any atom is -0.493 e. The van der Waals surface area contributed by atoms with Gasteiger partial charge in [0.15, 0.2) is 0 Å². The molecule has 0 aliphatic carbocycles. The van der Waals surface area contributed by atoms with Gasteiger partial charge < -0.3 is 14.4 Å². The summed E-state index contributed by atoms with van der Waals surface area (Å²) in [5.74, 6) is 1.71. The van der Waals surface area contributed by atoms with Gasteiger partial charge in [-0.25, -0.2) is 4.98 Å². The Morgan fingerprint density at radius 1 is 1.15 bits per heavy atom. The van der Waals surface area contributed by atoms with Gasteiger partial charge in [-0.15, -0.1) is 0 Å². The third-order valence-electron chi connectivity index (χ3n) is 4.66. The molecule has 138 valence electrons. The number of para-hydroxylation sites is 2. The van der Waals surface area contributed by atoms with E-state index in [1.807, 2.05) is 24.3 Å². The van der Waals surface area contributed by atoms with E-state index in [9.17, 15) is 5.11 Å². The number of fused-ring (bicyclic) bond motifs is 1. The maximum atomic E-state index is 10.5. The number of aliphatic hydroxyl groups excluding tert-OH is 1. The lowest BCUT2D eigenvalue weighted by molar-refractivity contribution is 0.152. The van der Waals surface area contributed by atoms with E-state index in [4.69, 9.17) is 4.74 Å². The lowest BCUT2D eigenvalue weighted by atomic mass is 10.1. The fourth-order valence-corrected chi connectivity index (χ4v) is 3.35. The zero-order valence-corrected chi connectivity index (χ0v) is 15.9. The van der Waals surface area contributed by atoms with E-state index in [1.54, 1.807) is 0 Å². The SMILES string of the molecule is CCC[C@H](O)c1nc2ccccc2n1CCCOc1ccc(C)cc1C. The van der Waals surface area contributed by atoms with Gasteiger partial charge in [-0.2, -0.15) is 0 Å². The molecule has 26 heavy (non-hydrogen) atoms. The largest absolute Gasteiger partial charge is 0.493 e. The quantitative estimate of drug-likeness (QED) is 0.583. The topological polar surface area (TPSA) is 47.3 Å². The van der Waals surface area contributed by atoms with Crippen molar-refractivity contribution < 1.29 is 9.84 Å². The fraction of sp³-hybridized carbons (Fsp3) is 0.409. The number of hydrogen-bond acceptors (Lipinski definition) is 3. The van der Waals surface area contributed by atoms with Gasteiger partial charge in [0.25, 0.3) is 0 Å². The van der Waals surface area contributed by atoms with Crippen LogP contribution in [0.5, 0.6) is 5.75 Å². The zero-order chi connectivity index (χ0) is 18.5. The monoisotopic (exact) mass is 352 g/mol. The summed E-state index contributed by atoms with van der Waals surface area (Å²) in [6.07, 6.45) is 2.00. The minimum absolute atomic E-state index is 0.521. The number of rotatable bonds is 8. The molecule has 0 amide bonds. The highest BCUT2D eigenvalue weighted by Gasteiger charge is 2.17. The number of aliphatic hydroxyl groups is 1. The molecule has 0 saturated carbocycles. The van der Waals surface area contributed by atoms with E-state index >= 15 is 0 Å². The second kappa shape index (κ2) is 8.37. The Kier molecular flexibility index (Phi) is 5.94. The maximum absolute atomic E-state index is 10.5. The number of benzene rings is 2. The van der Waals surface area contributed by atoms with Crippen LogP contribution in [0.3, 0.4) is 0 Å². The molecule has 0 bridgehead atoms. The van der Waals surface area contributed by atoms with E-state index in [1.165, 1.54) is 5.56 Å². The van der Waals surface area contributed by atoms with Gasteiger partial charge >= 0.3 is 0 Å². The van der Waals surface area contributed by atoms with Crippen LogP contribution < -0.4 is 4.74 Å². The molecule has 0 aliphatic heterocycles. The summed E-state index contributed by atoms with van der Waals surface area (Å²) in [4.78, 5) is 4.66. The van der Waals surface area contributed by atoms with Gasteiger partial charge in [0.05, 0.1) is 17.6 Å². The number of aryl methyl sites for hydroxylation is 3. The van der Waals surface area contributed by atoms with Crippen LogP contribution in [-0.4, -0.2) is 21.3 Å². The Bertz CT molecular complexity index is 870. The van der Waals surface area contributed by atoms with Crippen LogP contribution in [0, 0.1) is 13.8 Å². The number of hydrogen-bond donors (Lipinski definition) is 1. The van der Waals surface area contributed by atoms with Gasteiger partial charge in [0.2, 0.25) is 0 Å². The van der Waals surface area contributed by atoms with E-state index in [-0.39, 0.29) is 0 Å². The summed E-state index contributed by atoms with van der Waals surface area (Å²) in [5.41, 5.74) is 4.42. The Morgan fingerprint density at radius 2 is 1.96 bits per heavy atom. The molecule has 0 saturated heterocycles. The van der Waals surface area contributed by atoms with Crippen LogP contribution in [0.4, 0.5) is 0 Å². The second-order valence-electron chi connectivity index (χ2n) is 6.89. The van der Waals surface area contributed by atoms with Crippen LogP contribution in [0.15, 0.2) is 42.5 Å². The van der Waals surface area contributed by atoms with Gasteiger partial charge in [-0.1, -0.05) is 43.2 Å². The lowest BCUT2D eigenvalue weighted by Crippen LogP contribution is -2.11. The highest BCUT2D eigenvalue weighted by atomic mass is 16.5. The van der Waals surface area contributed by atoms with E-state index in [0.717, 1.165) is 54.0 Å². The van der Waals surface area contributed by atoms with Gasteiger partial charge in [0.1, 0.15) is 17.7 Å². The molecular weight excluding hydrogens is 324 g/mol. The normalized spacial score (nSPS) is 12.5. The fourth-order valence-electron chi connectivity index (χ4n) is 3.35. The van der Waals surface area contributed by atoms with Crippen LogP contribution in [-0.2, 0) is 6.54 Å². The molecular formula is C22H28N2O2. The van der Waals surface area contributed by atoms with Crippen LogP contribution in [0.2, 0.25) is 0 Å². The summed E-state index contributed by atoms with van der Waals surface area (Å²) < 4.78 is 8.09. The highest BCUT2D eigenvalue weighted by molar-refractivity contribution is 5.76. The summed E-state index contributed by atoms with van der Waals surface area (Å²) in [6.45, 7) is 7.66. The third kappa shape index (κ3) is 4.07. The van der Waals surface area contributed by atoms with Gasteiger partial charge in [-0.05, 0) is 50.5 Å². The van der Waals surface area contributed by atoms with Crippen molar-refractivity contribution in [2.24, 2.45) is 0 Å². The van der Waals surface area contributed by atoms with Crippen LogP contribution >= 0.6 is 0 Å². The zero-order valence-electron chi connectivity index (χ0n) is 15.9. The second-order valence-corrected chi connectivity index (χ2v) is 6.89. The third-order valence-corrected chi connectivity index (χ3v) is 4.66. The van der Waals surface area contributed by atoms with Crippen molar-refractivity contribution in [2.75, 3.05) is 6.61 Å². The molecule has 4 nitrogen and oxygen atoms in total. The molecule has 3 aromatic rings. The maximum Gasteiger partial charge on any atom is 0.138 e. The lowest BCUT2D eigenvalue weighted by Gasteiger charge is -2.14. The molecule has 3 rings (SSSR count). The molecule has 1 aromatic heterocycles.